The maximum Gasteiger partial charge on any atom is 0.302 e. The summed E-state index contributed by atoms with van der Waals surface area (Å²) in [5, 5.41) is 0. The van der Waals surface area contributed by atoms with Crippen molar-refractivity contribution in [1.29, 1.82) is 0 Å². The van der Waals surface area contributed by atoms with E-state index in [1.165, 1.54) is 6.92 Å². The zero-order chi connectivity index (χ0) is 24.2. The van der Waals surface area contributed by atoms with E-state index in [1.807, 2.05) is 0 Å². The molecular weight excluding hydrogens is 436 g/mol. The summed E-state index contributed by atoms with van der Waals surface area (Å²) in [4.78, 5) is 24.2. The molecule has 0 aromatic rings. The van der Waals surface area contributed by atoms with E-state index in [1.54, 1.807) is 0 Å². The van der Waals surface area contributed by atoms with Gasteiger partial charge >= 0.3 is 5.97 Å². The van der Waals surface area contributed by atoms with Gasteiger partial charge < -0.3 is 23.7 Å². The first kappa shape index (κ1) is 27.3. The zero-order valence-electron chi connectivity index (χ0n) is 21.1. The summed E-state index contributed by atoms with van der Waals surface area (Å²) in [5.74, 6) is -0.468. The van der Waals surface area contributed by atoms with Crippen molar-refractivity contribution in [3.05, 3.63) is 12.2 Å². The third-order valence-electron chi connectivity index (χ3n) is 7.01. The molecular formula is C27H44O7. The van der Waals surface area contributed by atoms with Crippen LogP contribution in [-0.2, 0) is 33.3 Å². The molecule has 3 fully saturated rings. The van der Waals surface area contributed by atoms with E-state index in [4.69, 9.17) is 23.7 Å². The van der Waals surface area contributed by atoms with Crippen molar-refractivity contribution in [1.82, 2.24) is 0 Å². The first-order valence-corrected chi connectivity index (χ1v) is 13.4. The Bertz CT molecular complexity index is 637. The number of hydrogen-bond acceptors (Lipinski definition) is 7. The summed E-state index contributed by atoms with van der Waals surface area (Å²) in [5.41, 5.74) is 0. The fraction of sp³-hybridized carbons (Fsp3) is 0.852. The van der Waals surface area contributed by atoms with Gasteiger partial charge in [-0.3, -0.25) is 9.59 Å². The summed E-state index contributed by atoms with van der Waals surface area (Å²) in [6.45, 7) is 5.29. The quantitative estimate of drug-likeness (QED) is 0.206. The molecule has 0 bridgehead atoms. The number of unbranched alkanes of at least 4 members (excludes halogenated alkanes) is 2. The lowest BCUT2D eigenvalue weighted by Gasteiger charge is -2.29. The summed E-state index contributed by atoms with van der Waals surface area (Å²) in [6, 6.07) is 0. The Morgan fingerprint density at radius 3 is 2.47 bits per heavy atom. The van der Waals surface area contributed by atoms with Gasteiger partial charge in [0.2, 0.25) is 0 Å². The maximum atomic E-state index is 12.9. The van der Waals surface area contributed by atoms with Crippen molar-refractivity contribution < 1.29 is 33.3 Å². The van der Waals surface area contributed by atoms with Crippen LogP contribution in [0.15, 0.2) is 12.2 Å². The number of ketones is 1. The summed E-state index contributed by atoms with van der Waals surface area (Å²) in [7, 11) is 0. The normalized spacial score (nSPS) is 31.1. The minimum Gasteiger partial charge on any atom is -0.466 e. The van der Waals surface area contributed by atoms with Crippen LogP contribution in [0.2, 0.25) is 0 Å². The van der Waals surface area contributed by atoms with Crippen LogP contribution in [0, 0.1) is 11.8 Å². The minimum atomic E-state index is -0.321. The van der Waals surface area contributed by atoms with Gasteiger partial charge in [-0.15, -0.1) is 0 Å². The van der Waals surface area contributed by atoms with Crippen molar-refractivity contribution in [3.63, 3.8) is 0 Å². The Kier molecular flexibility index (Phi) is 12.0. The van der Waals surface area contributed by atoms with E-state index < -0.39 is 0 Å². The molecule has 7 heteroatoms. The lowest BCUT2D eigenvalue weighted by molar-refractivity contribution is -0.192. The summed E-state index contributed by atoms with van der Waals surface area (Å²) in [6.07, 6.45) is 14.9. The first-order chi connectivity index (χ1) is 16.6. The number of carbonyl (C=O) groups is 2. The van der Waals surface area contributed by atoms with Gasteiger partial charge in [0.25, 0.3) is 0 Å². The Hall–Kier alpha value is -1.28. The molecule has 34 heavy (non-hydrogen) atoms. The molecule has 6 atom stereocenters. The van der Waals surface area contributed by atoms with Gasteiger partial charge in [0, 0.05) is 38.4 Å². The van der Waals surface area contributed by atoms with Crippen LogP contribution < -0.4 is 0 Å². The van der Waals surface area contributed by atoms with Crippen molar-refractivity contribution in [2.45, 2.75) is 116 Å². The molecule has 0 amide bonds. The number of hydrogen-bond donors (Lipinski definition) is 0. The highest BCUT2D eigenvalue weighted by Gasteiger charge is 2.43. The Balaban J connectivity index is 1.69. The Morgan fingerprint density at radius 1 is 1.09 bits per heavy atom. The highest BCUT2D eigenvalue weighted by atomic mass is 16.7. The van der Waals surface area contributed by atoms with E-state index in [-0.39, 0.29) is 55.0 Å². The van der Waals surface area contributed by atoms with Crippen LogP contribution in [0.1, 0.15) is 90.9 Å². The largest absolute Gasteiger partial charge is 0.466 e. The molecule has 0 spiro atoms. The highest BCUT2D eigenvalue weighted by Crippen LogP contribution is 2.37. The monoisotopic (exact) mass is 480 g/mol. The van der Waals surface area contributed by atoms with E-state index in [9.17, 15) is 9.59 Å². The average Bonchev–Trinajstić information content (AvgIpc) is 3.12. The number of carbonyl (C=O) groups excluding carboxylic acids is 2. The molecule has 1 saturated carbocycles. The lowest BCUT2D eigenvalue weighted by Crippen LogP contribution is -2.31. The predicted molar refractivity (Wildman–Crippen MR) is 128 cm³/mol. The molecule has 3 aliphatic rings. The lowest BCUT2D eigenvalue weighted by atomic mass is 9.90. The van der Waals surface area contributed by atoms with Crippen LogP contribution in [0.5, 0.6) is 0 Å². The summed E-state index contributed by atoms with van der Waals surface area (Å²) < 4.78 is 29.4. The van der Waals surface area contributed by atoms with Crippen LogP contribution in [0.4, 0.5) is 0 Å². The third kappa shape index (κ3) is 9.06. The van der Waals surface area contributed by atoms with Crippen LogP contribution in [-0.4, -0.2) is 56.4 Å². The van der Waals surface area contributed by atoms with Gasteiger partial charge in [-0.25, -0.2) is 0 Å². The first-order valence-electron chi connectivity index (χ1n) is 13.4. The molecule has 2 saturated heterocycles. The molecule has 0 aromatic carbocycles. The summed E-state index contributed by atoms with van der Waals surface area (Å²) >= 11 is 0. The van der Waals surface area contributed by atoms with Gasteiger partial charge in [0.15, 0.2) is 12.6 Å². The van der Waals surface area contributed by atoms with Gasteiger partial charge in [0.05, 0.1) is 18.8 Å². The van der Waals surface area contributed by atoms with Crippen molar-refractivity contribution in [2.24, 2.45) is 11.8 Å². The minimum absolute atomic E-state index is 0.0500. The fourth-order valence-electron chi connectivity index (χ4n) is 5.12. The van der Waals surface area contributed by atoms with Crippen molar-refractivity contribution in [3.8, 4) is 0 Å². The van der Waals surface area contributed by atoms with Crippen molar-refractivity contribution >= 4 is 11.8 Å². The van der Waals surface area contributed by atoms with Crippen LogP contribution in [0.3, 0.4) is 0 Å². The molecule has 194 valence electrons. The van der Waals surface area contributed by atoms with E-state index >= 15 is 0 Å². The SMILES string of the molecule is CCCCC[C@@H](C=C[C@@H]1[C@@H](OC2CCCCO2)CC(=O)[C@H]1CCOC(C)=O)OC1CCCCO1. The van der Waals surface area contributed by atoms with Gasteiger partial charge in [-0.2, -0.15) is 0 Å². The molecule has 2 heterocycles. The molecule has 3 rings (SSSR count). The third-order valence-corrected chi connectivity index (χ3v) is 7.01. The molecule has 2 unspecified atom stereocenters. The molecule has 0 aromatic heterocycles. The molecule has 2 aliphatic heterocycles. The van der Waals surface area contributed by atoms with Crippen molar-refractivity contribution in [2.75, 3.05) is 19.8 Å². The molecule has 1 aliphatic carbocycles. The topological polar surface area (TPSA) is 80.3 Å². The Labute approximate surface area is 204 Å². The zero-order valence-corrected chi connectivity index (χ0v) is 21.1. The molecule has 7 nitrogen and oxygen atoms in total. The number of Topliss-reactive ketones (excluding diaryl/α,β-unsaturated/α-hetero) is 1. The maximum absolute atomic E-state index is 12.9. The van der Waals surface area contributed by atoms with E-state index in [0.717, 1.165) is 70.8 Å². The average molecular weight is 481 g/mol. The van der Waals surface area contributed by atoms with Gasteiger partial charge in [0.1, 0.15) is 5.78 Å². The number of esters is 1. The smallest absolute Gasteiger partial charge is 0.302 e. The second kappa shape index (κ2) is 15.0. The standard InChI is InChI=1S/C27H44O7/c1-3-4-5-10-21(33-26-11-6-8-16-31-26)13-14-23-22(15-18-30-20(2)28)24(29)19-25(23)34-27-12-7-9-17-32-27/h13-14,21-23,25-27H,3-12,15-19H2,1-2H3/t21-,22-,23-,25-,26?,27?/m0/s1. The fourth-order valence-corrected chi connectivity index (χ4v) is 5.12. The van der Waals surface area contributed by atoms with Gasteiger partial charge in [-0.1, -0.05) is 38.3 Å². The number of rotatable bonds is 13. The van der Waals surface area contributed by atoms with E-state index in [2.05, 4.69) is 19.1 Å². The number of ether oxygens (including phenoxy) is 5. The van der Waals surface area contributed by atoms with Gasteiger partial charge in [-0.05, 0) is 51.4 Å². The van der Waals surface area contributed by atoms with E-state index in [0.29, 0.717) is 19.4 Å². The predicted octanol–water partition coefficient (Wildman–Crippen LogP) is 5.10. The second-order valence-corrected chi connectivity index (χ2v) is 9.81. The van der Waals surface area contributed by atoms with Crippen LogP contribution in [0.25, 0.3) is 0 Å². The van der Waals surface area contributed by atoms with Crippen LogP contribution >= 0.6 is 0 Å². The highest BCUT2D eigenvalue weighted by molar-refractivity contribution is 5.84. The molecule has 0 radical (unpaired) electrons. The molecule has 0 N–H and O–H groups in total. The Morgan fingerprint density at radius 2 is 1.82 bits per heavy atom. The second-order valence-electron chi connectivity index (χ2n) is 9.81.